The molecular formula is C13H19ClO2. The van der Waals surface area contributed by atoms with Crippen molar-refractivity contribution in [1.82, 2.24) is 0 Å². The van der Waals surface area contributed by atoms with Crippen molar-refractivity contribution in [1.29, 1.82) is 0 Å². The summed E-state index contributed by atoms with van der Waals surface area (Å²) >= 11 is 6.27. The van der Waals surface area contributed by atoms with Gasteiger partial charge in [-0.1, -0.05) is 18.5 Å². The summed E-state index contributed by atoms with van der Waals surface area (Å²) in [4.78, 5) is 0. The molecule has 0 aliphatic carbocycles. The van der Waals surface area contributed by atoms with Crippen LogP contribution in [0, 0.1) is 20.8 Å². The van der Waals surface area contributed by atoms with E-state index in [1.165, 1.54) is 0 Å². The highest BCUT2D eigenvalue weighted by Crippen LogP contribution is 2.39. The Hall–Kier alpha value is -0.730. The lowest BCUT2D eigenvalue weighted by Gasteiger charge is -2.21. The monoisotopic (exact) mass is 242 g/mol. The molecule has 0 aliphatic heterocycles. The Labute approximate surface area is 102 Å². The molecule has 2 nitrogen and oxygen atoms in total. The standard InChI is InChI=1S/C13H19ClO2/c1-7(6-15)11-8(2)9(3)13(16-5)12(14)10(11)4/h7,15H,6H2,1-5H3. The Bertz CT molecular complexity index is 370. The maximum Gasteiger partial charge on any atom is 0.140 e. The van der Waals surface area contributed by atoms with E-state index in [4.69, 9.17) is 16.3 Å². The predicted molar refractivity (Wildman–Crippen MR) is 67.7 cm³/mol. The van der Waals surface area contributed by atoms with Gasteiger partial charge in [0.05, 0.1) is 12.1 Å². The lowest BCUT2D eigenvalue weighted by Crippen LogP contribution is -2.07. The van der Waals surface area contributed by atoms with Gasteiger partial charge in [-0.25, -0.2) is 0 Å². The SMILES string of the molecule is COc1c(C)c(C)c(C(C)CO)c(C)c1Cl. The van der Waals surface area contributed by atoms with Crippen LogP contribution in [-0.2, 0) is 0 Å². The Balaban J connectivity index is 3.53. The van der Waals surface area contributed by atoms with E-state index in [1.54, 1.807) is 7.11 Å². The van der Waals surface area contributed by atoms with Gasteiger partial charge in [-0.15, -0.1) is 0 Å². The molecule has 0 saturated carbocycles. The van der Waals surface area contributed by atoms with Gasteiger partial charge in [0.15, 0.2) is 0 Å². The number of aliphatic hydroxyl groups is 1. The maximum absolute atomic E-state index is 9.27. The van der Waals surface area contributed by atoms with Crippen molar-refractivity contribution in [2.24, 2.45) is 0 Å². The summed E-state index contributed by atoms with van der Waals surface area (Å²) in [6.45, 7) is 8.13. The predicted octanol–water partition coefficient (Wildman–Crippen LogP) is 3.37. The molecule has 1 atom stereocenters. The Morgan fingerprint density at radius 3 is 2.19 bits per heavy atom. The van der Waals surface area contributed by atoms with Crippen LogP contribution in [0.15, 0.2) is 0 Å². The molecule has 0 radical (unpaired) electrons. The second-order valence-electron chi connectivity index (χ2n) is 4.22. The molecule has 0 bridgehead atoms. The molecule has 90 valence electrons. The summed E-state index contributed by atoms with van der Waals surface area (Å²) in [5.41, 5.74) is 4.34. The molecule has 16 heavy (non-hydrogen) atoms. The number of halogens is 1. The van der Waals surface area contributed by atoms with Crippen molar-refractivity contribution in [2.45, 2.75) is 33.6 Å². The van der Waals surface area contributed by atoms with Crippen LogP contribution in [0.5, 0.6) is 5.75 Å². The van der Waals surface area contributed by atoms with Crippen molar-refractivity contribution in [3.8, 4) is 5.75 Å². The van der Waals surface area contributed by atoms with Crippen LogP contribution in [0.4, 0.5) is 0 Å². The average Bonchev–Trinajstić information content (AvgIpc) is 2.27. The smallest absolute Gasteiger partial charge is 0.140 e. The number of benzene rings is 1. The van der Waals surface area contributed by atoms with Crippen LogP contribution in [-0.4, -0.2) is 18.8 Å². The van der Waals surface area contributed by atoms with Gasteiger partial charge in [0.1, 0.15) is 5.75 Å². The largest absolute Gasteiger partial charge is 0.495 e. The third-order valence-electron chi connectivity index (χ3n) is 3.21. The van der Waals surface area contributed by atoms with Crippen LogP contribution in [0.3, 0.4) is 0 Å². The first-order valence-electron chi connectivity index (χ1n) is 5.39. The summed E-state index contributed by atoms with van der Waals surface area (Å²) in [5.74, 6) is 0.840. The normalized spacial score (nSPS) is 12.7. The van der Waals surface area contributed by atoms with Crippen molar-refractivity contribution >= 4 is 11.6 Å². The number of hydrogen-bond acceptors (Lipinski definition) is 2. The minimum Gasteiger partial charge on any atom is -0.495 e. The molecule has 1 aromatic rings. The van der Waals surface area contributed by atoms with Crippen molar-refractivity contribution < 1.29 is 9.84 Å². The van der Waals surface area contributed by atoms with Gasteiger partial charge in [-0.3, -0.25) is 0 Å². The minimum absolute atomic E-state index is 0.0992. The number of aliphatic hydroxyl groups excluding tert-OH is 1. The van der Waals surface area contributed by atoms with E-state index in [1.807, 2.05) is 27.7 Å². The summed E-state index contributed by atoms with van der Waals surface area (Å²) in [5, 5.41) is 9.92. The molecule has 1 rings (SSSR count). The van der Waals surface area contributed by atoms with Gasteiger partial charge in [-0.2, -0.15) is 0 Å². The molecule has 1 unspecified atom stereocenters. The second kappa shape index (κ2) is 5.07. The highest BCUT2D eigenvalue weighted by Gasteiger charge is 2.19. The fourth-order valence-corrected chi connectivity index (χ4v) is 2.50. The first kappa shape index (κ1) is 13.3. The van der Waals surface area contributed by atoms with E-state index in [0.29, 0.717) is 5.02 Å². The Morgan fingerprint density at radius 2 is 1.75 bits per heavy atom. The molecule has 0 fully saturated rings. The molecule has 0 amide bonds. The van der Waals surface area contributed by atoms with E-state index in [9.17, 15) is 5.11 Å². The molecule has 0 spiro atoms. The molecular weight excluding hydrogens is 224 g/mol. The van der Waals surface area contributed by atoms with Crippen LogP contribution in [0.2, 0.25) is 5.02 Å². The molecule has 3 heteroatoms. The van der Waals surface area contributed by atoms with E-state index < -0.39 is 0 Å². The fourth-order valence-electron chi connectivity index (χ4n) is 2.18. The zero-order chi connectivity index (χ0) is 12.5. The number of rotatable bonds is 3. The number of hydrogen-bond donors (Lipinski definition) is 1. The van der Waals surface area contributed by atoms with Crippen LogP contribution in [0.25, 0.3) is 0 Å². The van der Waals surface area contributed by atoms with Crippen molar-refractivity contribution in [2.75, 3.05) is 13.7 Å². The first-order valence-corrected chi connectivity index (χ1v) is 5.77. The summed E-state index contributed by atoms with van der Waals surface area (Å²) < 4.78 is 5.31. The van der Waals surface area contributed by atoms with Gasteiger partial charge in [-0.05, 0) is 43.0 Å². The van der Waals surface area contributed by atoms with Crippen molar-refractivity contribution in [3.05, 3.63) is 27.3 Å². The Kier molecular flexibility index (Phi) is 4.22. The summed E-state index contributed by atoms with van der Waals surface area (Å²) in [7, 11) is 1.63. The minimum atomic E-state index is 0.0992. The molecule has 0 saturated heterocycles. The third kappa shape index (κ3) is 2.04. The summed E-state index contributed by atoms with van der Waals surface area (Å²) in [6.07, 6.45) is 0. The van der Waals surface area contributed by atoms with Crippen LogP contribution >= 0.6 is 11.6 Å². The molecule has 1 N–H and O–H groups in total. The molecule has 1 aromatic carbocycles. The van der Waals surface area contributed by atoms with Crippen molar-refractivity contribution in [3.63, 3.8) is 0 Å². The summed E-state index contributed by atoms with van der Waals surface area (Å²) in [6, 6.07) is 0. The highest BCUT2D eigenvalue weighted by atomic mass is 35.5. The fraction of sp³-hybridized carbons (Fsp3) is 0.538. The van der Waals surface area contributed by atoms with E-state index in [0.717, 1.165) is 28.0 Å². The first-order chi connectivity index (χ1) is 7.45. The second-order valence-corrected chi connectivity index (χ2v) is 4.60. The average molecular weight is 243 g/mol. The zero-order valence-corrected chi connectivity index (χ0v) is 11.3. The Morgan fingerprint density at radius 1 is 1.19 bits per heavy atom. The van der Waals surface area contributed by atoms with Gasteiger partial charge in [0.25, 0.3) is 0 Å². The molecule has 0 heterocycles. The maximum atomic E-state index is 9.27. The van der Waals surface area contributed by atoms with Crippen LogP contribution < -0.4 is 4.74 Å². The van der Waals surface area contributed by atoms with E-state index in [2.05, 4.69) is 0 Å². The lowest BCUT2D eigenvalue weighted by molar-refractivity contribution is 0.272. The van der Waals surface area contributed by atoms with E-state index >= 15 is 0 Å². The van der Waals surface area contributed by atoms with Gasteiger partial charge in [0, 0.05) is 12.5 Å². The quantitative estimate of drug-likeness (QED) is 0.881. The van der Waals surface area contributed by atoms with Gasteiger partial charge >= 0.3 is 0 Å². The lowest BCUT2D eigenvalue weighted by atomic mass is 9.89. The molecule has 0 aliphatic rings. The van der Waals surface area contributed by atoms with Gasteiger partial charge in [0.2, 0.25) is 0 Å². The number of ether oxygens (including phenoxy) is 1. The zero-order valence-electron chi connectivity index (χ0n) is 10.5. The van der Waals surface area contributed by atoms with Gasteiger partial charge < -0.3 is 9.84 Å². The highest BCUT2D eigenvalue weighted by molar-refractivity contribution is 6.33. The topological polar surface area (TPSA) is 29.5 Å². The third-order valence-corrected chi connectivity index (χ3v) is 3.67. The van der Waals surface area contributed by atoms with E-state index in [-0.39, 0.29) is 12.5 Å². The number of methoxy groups -OCH3 is 1. The van der Waals surface area contributed by atoms with Crippen LogP contribution in [0.1, 0.15) is 35.1 Å². The molecule has 0 aromatic heterocycles.